The lowest BCUT2D eigenvalue weighted by molar-refractivity contribution is 0.414. The van der Waals surface area contributed by atoms with E-state index >= 15 is 0 Å². The van der Waals surface area contributed by atoms with Gasteiger partial charge in [-0.3, -0.25) is 0 Å². The van der Waals surface area contributed by atoms with Gasteiger partial charge in [0.2, 0.25) is 0 Å². The monoisotopic (exact) mass is 178 g/mol. The Morgan fingerprint density at radius 3 is 3.00 bits per heavy atom. The van der Waals surface area contributed by atoms with Gasteiger partial charge >= 0.3 is 0 Å². The standard InChI is InChI=1S/C10H14N2O/c1-12-6-9(11)8-5-7(13-2)3-4-10(8)12/h3-5,9H,6,11H2,1-2H3. The van der Waals surface area contributed by atoms with Crippen molar-refractivity contribution in [1.82, 2.24) is 0 Å². The summed E-state index contributed by atoms with van der Waals surface area (Å²) >= 11 is 0. The number of anilines is 1. The molecule has 3 heteroatoms. The van der Waals surface area contributed by atoms with Crippen molar-refractivity contribution in [2.75, 3.05) is 25.6 Å². The number of rotatable bonds is 1. The van der Waals surface area contributed by atoms with E-state index in [1.807, 2.05) is 12.1 Å². The van der Waals surface area contributed by atoms with Gasteiger partial charge in [-0.05, 0) is 23.8 Å². The number of fused-ring (bicyclic) bond motifs is 1. The van der Waals surface area contributed by atoms with E-state index < -0.39 is 0 Å². The Labute approximate surface area is 78.1 Å². The molecule has 70 valence electrons. The van der Waals surface area contributed by atoms with Crippen molar-refractivity contribution in [2.24, 2.45) is 5.73 Å². The number of ether oxygens (including phenoxy) is 1. The first-order valence-electron chi connectivity index (χ1n) is 4.37. The molecule has 0 fully saturated rings. The molecule has 0 amide bonds. The van der Waals surface area contributed by atoms with Gasteiger partial charge in [0.1, 0.15) is 5.75 Å². The second-order valence-corrected chi connectivity index (χ2v) is 3.41. The fourth-order valence-electron chi connectivity index (χ4n) is 1.80. The predicted molar refractivity (Wildman–Crippen MR) is 53.2 cm³/mol. The third-order valence-electron chi connectivity index (χ3n) is 2.52. The quantitative estimate of drug-likeness (QED) is 0.701. The third kappa shape index (κ3) is 1.25. The molecule has 1 heterocycles. The summed E-state index contributed by atoms with van der Waals surface area (Å²) in [6.07, 6.45) is 0. The fraction of sp³-hybridized carbons (Fsp3) is 0.400. The second kappa shape index (κ2) is 2.92. The highest BCUT2D eigenvalue weighted by Crippen LogP contribution is 2.34. The van der Waals surface area contributed by atoms with Crippen LogP contribution in [-0.2, 0) is 0 Å². The second-order valence-electron chi connectivity index (χ2n) is 3.41. The van der Waals surface area contributed by atoms with Gasteiger partial charge in [-0.1, -0.05) is 0 Å². The molecule has 0 aliphatic carbocycles. The van der Waals surface area contributed by atoms with E-state index in [2.05, 4.69) is 18.0 Å². The highest BCUT2D eigenvalue weighted by Gasteiger charge is 2.23. The molecule has 0 saturated heterocycles. The normalized spacial score (nSPS) is 20.2. The largest absolute Gasteiger partial charge is 0.497 e. The molecular formula is C10H14N2O. The zero-order chi connectivity index (χ0) is 9.42. The van der Waals surface area contributed by atoms with Crippen LogP contribution in [0.3, 0.4) is 0 Å². The number of likely N-dealkylation sites (N-methyl/N-ethyl adjacent to an activating group) is 1. The van der Waals surface area contributed by atoms with Crippen LogP contribution in [0.4, 0.5) is 5.69 Å². The minimum Gasteiger partial charge on any atom is -0.497 e. The van der Waals surface area contributed by atoms with Crippen LogP contribution in [0.25, 0.3) is 0 Å². The molecule has 3 nitrogen and oxygen atoms in total. The molecule has 1 aliphatic rings. The highest BCUT2D eigenvalue weighted by molar-refractivity contribution is 5.61. The first-order chi connectivity index (χ1) is 6.22. The molecule has 2 rings (SSSR count). The Morgan fingerprint density at radius 2 is 2.31 bits per heavy atom. The van der Waals surface area contributed by atoms with Crippen molar-refractivity contribution < 1.29 is 4.74 Å². The number of hydrogen-bond acceptors (Lipinski definition) is 3. The summed E-state index contributed by atoms with van der Waals surface area (Å²) in [6.45, 7) is 0.891. The molecule has 0 aromatic heterocycles. The average molecular weight is 178 g/mol. The van der Waals surface area contributed by atoms with Crippen LogP contribution < -0.4 is 15.4 Å². The molecule has 0 bridgehead atoms. The van der Waals surface area contributed by atoms with Crippen molar-refractivity contribution in [3.8, 4) is 5.75 Å². The molecule has 2 N–H and O–H groups in total. The summed E-state index contributed by atoms with van der Waals surface area (Å²) < 4.78 is 5.15. The van der Waals surface area contributed by atoms with E-state index in [9.17, 15) is 0 Å². The van der Waals surface area contributed by atoms with Crippen molar-refractivity contribution in [3.63, 3.8) is 0 Å². The molecule has 1 unspecified atom stereocenters. The molecule has 1 aromatic rings. The van der Waals surface area contributed by atoms with Crippen LogP contribution in [0.2, 0.25) is 0 Å². The lowest BCUT2D eigenvalue weighted by Gasteiger charge is -2.11. The van der Waals surface area contributed by atoms with E-state index in [4.69, 9.17) is 10.5 Å². The van der Waals surface area contributed by atoms with Crippen molar-refractivity contribution in [2.45, 2.75) is 6.04 Å². The van der Waals surface area contributed by atoms with Gasteiger partial charge in [-0.2, -0.15) is 0 Å². The van der Waals surface area contributed by atoms with Crippen molar-refractivity contribution in [3.05, 3.63) is 23.8 Å². The lowest BCUT2D eigenvalue weighted by Crippen LogP contribution is -2.19. The van der Waals surface area contributed by atoms with E-state index in [1.165, 1.54) is 11.3 Å². The van der Waals surface area contributed by atoms with Gasteiger partial charge < -0.3 is 15.4 Å². The minimum atomic E-state index is 0.120. The molecule has 13 heavy (non-hydrogen) atoms. The van der Waals surface area contributed by atoms with Crippen LogP contribution >= 0.6 is 0 Å². The number of nitrogens with zero attached hydrogens (tertiary/aromatic N) is 1. The maximum Gasteiger partial charge on any atom is 0.119 e. The van der Waals surface area contributed by atoms with E-state index in [0.29, 0.717) is 0 Å². The predicted octanol–water partition coefficient (Wildman–Crippen LogP) is 1.14. The minimum absolute atomic E-state index is 0.120. The van der Waals surface area contributed by atoms with Crippen LogP contribution in [0, 0.1) is 0 Å². The Balaban J connectivity index is 2.46. The van der Waals surface area contributed by atoms with E-state index in [0.717, 1.165) is 12.3 Å². The molecule has 1 aliphatic heterocycles. The molecule has 0 saturated carbocycles. The van der Waals surface area contributed by atoms with Gasteiger partial charge in [0.25, 0.3) is 0 Å². The molecule has 0 spiro atoms. The molecule has 1 atom stereocenters. The highest BCUT2D eigenvalue weighted by atomic mass is 16.5. The third-order valence-corrected chi connectivity index (χ3v) is 2.52. The first kappa shape index (κ1) is 8.38. The van der Waals surface area contributed by atoms with Crippen LogP contribution in [0.5, 0.6) is 5.75 Å². The summed E-state index contributed by atoms with van der Waals surface area (Å²) in [5.74, 6) is 0.879. The number of benzene rings is 1. The zero-order valence-corrected chi connectivity index (χ0v) is 7.95. The number of methoxy groups -OCH3 is 1. The van der Waals surface area contributed by atoms with E-state index in [1.54, 1.807) is 7.11 Å². The van der Waals surface area contributed by atoms with Gasteiger partial charge in [0.15, 0.2) is 0 Å². The maximum absolute atomic E-state index is 5.96. The topological polar surface area (TPSA) is 38.5 Å². The Kier molecular flexibility index (Phi) is 1.88. The van der Waals surface area contributed by atoms with Gasteiger partial charge in [0, 0.05) is 25.3 Å². The Morgan fingerprint density at radius 1 is 1.54 bits per heavy atom. The van der Waals surface area contributed by atoms with Crippen molar-refractivity contribution >= 4 is 5.69 Å². The average Bonchev–Trinajstić information content (AvgIpc) is 2.42. The van der Waals surface area contributed by atoms with Crippen LogP contribution in [-0.4, -0.2) is 20.7 Å². The van der Waals surface area contributed by atoms with Crippen molar-refractivity contribution in [1.29, 1.82) is 0 Å². The molecule has 0 radical (unpaired) electrons. The molecular weight excluding hydrogens is 164 g/mol. The number of nitrogens with two attached hydrogens (primary N) is 1. The smallest absolute Gasteiger partial charge is 0.119 e. The first-order valence-corrected chi connectivity index (χ1v) is 4.37. The summed E-state index contributed by atoms with van der Waals surface area (Å²) in [6, 6.07) is 6.16. The van der Waals surface area contributed by atoms with Crippen LogP contribution in [0.1, 0.15) is 11.6 Å². The maximum atomic E-state index is 5.96. The number of hydrogen-bond donors (Lipinski definition) is 1. The summed E-state index contributed by atoms with van der Waals surface area (Å²) in [5, 5.41) is 0. The van der Waals surface area contributed by atoms with E-state index in [-0.39, 0.29) is 6.04 Å². The van der Waals surface area contributed by atoms with Crippen LogP contribution in [0.15, 0.2) is 18.2 Å². The molecule has 1 aromatic carbocycles. The Hall–Kier alpha value is -1.22. The Bertz CT molecular complexity index is 325. The lowest BCUT2D eigenvalue weighted by atomic mass is 10.1. The SMILES string of the molecule is COc1ccc2c(c1)C(N)CN2C. The fourth-order valence-corrected chi connectivity index (χ4v) is 1.80. The summed E-state index contributed by atoms with van der Waals surface area (Å²) in [5.41, 5.74) is 8.36. The van der Waals surface area contributed by atoms with Gasteiger partial charge in [-0.15, -0.1) is 0 Å². The zero-order valence-electron chi connectivity index (χ0n) is 7.95. The summed E-state index contributed by atoms with van der Waals surface area (Å²) in [4.78, 5) is 2.17. The van der Waals surface area contributed by atoms with Gasteiger partial charge in [0.05, 0.1) is 7.11 Å². The van der Waals surface area contributed by atoms with Gasteiger partial charge in [-0.25, -0.2) is 0 Å². The summed E-state index contributed by atoms with van der Waals surface area (Å²) in [7, 11) is 3.73.